The van der Waals surface area contributed by atoms with Gasteiger partial charge < -0.3 is 5.73 Å². The number of aryl methyl sites for hydroxylation is 1. The van der Waals surface area contributed by atoms with Crippen LogP contribution in [-0.2, 0) is 6.42 Å². The highest BCUT2D eigenvalue weighted by Crippen LogP contribution is 2.31. The minimum absolute atomic E-state index is 0.525. The molecule has 0 fully saturated rings. The summed E-state index contributed by atoms with van der Waals surface area (Å²) in [6.07, 6.45) is 3.98. The van der Waals surface area contributed by atoms with Gasteiger partial charge in [-0.05, 0) is 24.1 Å². The minimum Gasteiger partial charge on any atom is -0.383 e. The Bertz CT molecular complexity index is 732. The summed E-state index contributed by atoms with van der Waals surface area (Å²) in [6.45, 7) is 2.19. The number of pyridine rings is 1. The van der Waals surface area contributed by atoms with Crippen LogP contribution in [0.15, 0.2) is 48.0 Å². The zero-order valence-electron chi connectivity index (χ0n) is 11.9. The zero-order valence-corrected chi connectivity index (χ0v) is 12.7. The van der Waals surface area contributed by atoms with Crippen molar-refractivity contribution in [3.05, 3.63) is 53.5 Å². The average Bonchev–Trinajstić information content (AvgIpc) is 2.98. The molecule has 21 heavy (non-hydrogen) atoms. The maximum absolute atomic E-state index is 5.91. The number of hydrogen-bond acceptors (Lipinski definition) is 4. The SMILES string of the molecule is CCCc1ccc(-c2csc(-c3cccnc3N)n2)cc1. The van der Waals surface area contributed by atoms with Gasteiger partial charge in [0.05, 0.1) is 11.3 Å². The van der Waals surface area contributed by atoms with Gasteiger partial charge in [0.2, 0.25) is 0 Å². The Morgan fingerprint density at radius 2 is 1.95 bits per heavy atom. The van der Waals surface area contributed by atoms with Crippen molar-refractivity contribution in [1.82, 2.24) is 9.97 Å². The molecule has 4 heteroatoms. The van der Waals surface area contributed by atoms with Crippen molar-refractivity contribution >= 4 is 17.2 Å². The van der Waals surface area contributed by atoms with E-state index in [1.165, 1.54) is 12.0 Å². The topological polar surface area (TPSA) is 51.8 Å². The Balaban J connectivity index is 1.89. The number of benzene rings is 1. The lowest BCUT2D eigenvalue weighted by atomic mass is 10.1. The van der Waals surface area contributed by atoms with E-state index in [0.29, 0.717) is 5.82 Å². The highest BCUT2D eigenvalue weighted by Gasteiger charge is 2.09. The zero-order chi connectivity index (χ0) is 14.7. The first-order chi connectivity index (χ1) is 10.3. The lowest BCUT2D eigenvalue weighted by Gasteiger charge is -2.01. The van der Waals surface area contributed by atoms with E-state index in [4.69, 9.17) is 5.73 Å². The van der Waals surface area contributed by atoms with Crippen molar-refractivity contribution in [3.8, 4) is 21.8 Å². The molecular weight excluding hydrogens is 278 g/mol. The van der Waals surface area contributed by atoms with Gasteiger partial charge in [-0.2, -0.15) is 0 Å². The fourth-order valence-corrected chi connectivity index (χ4v) is 3.12. The second kappa shape index (κ2) is 6.06. The number of rotatable bonds is 4. The third-order valence-electron chi connectivity index (χ3n) is 3.36. The number of anilines is 1. The number of thiazole rings is 1. The average molecular weight is 295 g/mol. The van der Waals surface area contributed by atoms with Gasteiger partial charge in [-0.3, -0.25) is 0 Å². The molecule has 3 rings (SSSR count). The predicted molar refractivity (Wildman–Crippen MR) is 89.2 cm³/mol. The summed E-state index contributed by atoms with van der Waals surface area (Å²) in [5.74, 6) is 0.525. The van der Waals surface area contributed by atoms with Crippen molar-refractivity contribution in [1.29, 1.82) is 0 Å². The van der Waals surface area contributed by atoms with E-state index in [9.17, 15) is 0 Å². The maximum Gasteiger partial charge on any atom is 0.133 e. The molecule has 1 aromatic carbocycles. The van der Waals surface area contributed by atoms with Crippen LogP contribution in [0.25, 0.3) is 21.8 Å². The molecule has 0 aliphatic rings. The van der Waals surface area contributed by atoms with E-state index < -0.39 is 0 Å². The highest BCUT2D eigenvalue weighted by molar-refractivity contribution is 7.13. The Hall–Kier alpha value is -2.20. The molecule has 0 radical (unpaired) electrons. The van der Waals surface area contributed by atoms with Crippen molar-refractivity contribution in [2.75, 3.05) is 5.73 Å². The number of aromatic nitrogens is 2. The summed E-state index contributed by atoms with van der Waals surface area (Å²) in [5, 5.41) is 2.98. The fourth-order valence-electron chi connectivity index (χ4n) is 2.26. The van der Waals surface area contributed by atoms with Crippen molar-refractivity contribution in [3.63, 3.8) is 0 Å². The van der Waals surface area contributed by atoms with Crippen molar-refractivity contribution < 1.29 is 0 Å². The number of nitrogens with two attached hydrogens (primary N) is 1. The molecule has 106 valence electrons. The summed E-state index contributed by atoms with van der Waals surface area (Å²) >= 11 is 1.59. The molecule has 0 aliphatic heterocycles. The summed E-state index contributed by atoms with van der Waals surface area (Å²) in [6, 6.07) is 12.5. The lowest BCUT2D eigenvalue weighted by molar-refractivity contribution is 0.922. The van der Waals surface area contributed by atoms with Crippen molar-refractivity contribution in [2.24, 2.45) is 0 Å². The number of hydrogen-bond donors (Lipinski definition) is 1. The van der Waals surface area contributed by atoms with Gasteiger partial charge in [-0.1, -0.05) is 37.6 Å². The van der Waals surface area contributed by atoms with Gasteiger partial charge in [0.25, 0.3) is 0 Å². The fraction of sp³-hybridized carbons (Fsp3) is 0.176. The standard InChI is InChI=1S/C17H17N3S/c1-2-4-12-6-8-13(9-7-12)15-11-21-17(20-15)14-5-3-10-19-16(14)18/h3,5-11H,2,4H2,1H3,(H2,18,19). The first-order valence-corrected chi connectivity index (χ1v) is 7.91. The molecule has 3 aromatic rings. The van der Waals surface area contributed by atoms with Crippen LogP contribution in [0.4, 0.5) is 5.82 Å². The predicted octanol–water partition coefficient (Wildman–Crippen LogP) is 4.41. The highest BCUT2D eigenvalue weighted by atomic mass is 32.1. The van der Waals surface area contributed by atoms with Crippen LogP contribution in [0.3, 0.4) is 0 Å². The van der Waals surface area contributed by atoms with Crippen molar-refractivity contribution in [2.45, 2.75) is 19.8 Å². The van der Waals surface area contributed by atoms with E-state index in [-0.39, 0.29) is 0 Å². The Morgan fingerprint density at radius 3 is 2.67 bits per heavy atom. The second-order valence-electron chi connectivity index (χ2n) is 4.92. The molecule has 3 nitrogen and oxygen atoms in total. The number of nitrogen functional groups attached to an aromatic ring is 1. The summed E-state index contributed by atoms with van der Waals surface area (Å²) in [4.78, 5) is 8.80. The summed E-state index contributed by atoms with van der Waals surface area (Å²) in [7, 11) is 0. The van der Waals surface area contributed by atoms with E-state index in [1.807, 2.05) is 12.1 Å². The van der Waals surface area contributed by atoms with Gasteiger partial charge in [0.1, 0.15) is 10.8 Å². The Morgan fingerprint density at radius 1 is 1.14 bits per heavy atom. The summed E-state index contributed by atoms with van der Waals surface area (Å²) in [5.41, 5.74) is 10.3. The lowest BCUT2D eigenvalue weighted by Crippen LogP contribution is -1.92. The summed E-state index contributed by atoms with van der Waals surface area (Å²) < 4.78 is 0. The van der Waals surface area contributed by atoms with Gasteiger partial charge in [-0.25, -0.2) is 9.97 Å². The van der Waals surface area contributed by atoms with Crippen LogP contribution in [-0.4, -0.2) is 9.97 Å². The van der Waals surface area contributed by atoms with Crippen LogP contribution in [0, 0.1) is 0 Å². The monoisotopic (exact) mass is 295 g/mol. The molecular formula is C17H17N3S. The van der Waals surface area contributed by atoms with Crippen LogP contribution < -0.4 is 5.73 Å². The third-order valence-corrected chi connectivity index (χ3v) is 4.24. The molecule has 0 amide bonds. The molecule has 2 aromatic heterocycles. The van der Waals surface area contributed by atoms with Crippen LogP contribution in [0.5, 0.6) is 0 Å². The quantitative estimate of drug-likeness (QED) is 0.775. The maximum atomic E-state index is 5.91. The van der Waals surface area contributed by atoms with E-state index in [0.717, 1.165) is 28.2 Å². The van der Waals surface area contributed by atoms with Crippen LogP contribution >= 0.6 is 11.3 Å². The Labute approximate surface area is 128 Å². The first-order valence-electron chi connectivity index (χ1n) is 7.03. The normalized spacial score (nSPS) is 10.7. The van der Waals surface area contributed by atoms with Gasteiger partial charge in [0, 0.05) is 17.1 Å². The van der Waals surface area contributed by atoms with Crippen LogP contribution in [0.1, 0.15) is 18.9 Å². The molecule has 0 atom stereocenters. The third kappa shape index (κ3) is 2.95. The molecule has 0 saturated carbocycles. The van der Waals surface area contributed by atoms with E-state index in [1.54, 1.807) is 17.5 Å². The number of nitrogens with zero attached hydrogens (tertiary/aromatic N) is 2. The molecule has 2 N–H and O–H groups in total. The molecule has 0 bridgehead atoms. The molecule has 0 unspecified atom stereocenters. The van der Waals surface area contributed by atoms with Crippen LogP contribution in [0.2, 0.25) is 0 Å². The molecule has 0 saturated heterocycles. The largest absolute Gasteiger partial charge is 0.383 e. The minimum atomic E-state index is 0.525. The van der Waals surface area contributed by atoms with E-state index in [2.05, 4.69) is 46.5 Å². The Kier molecular flexibility index (Phi) is 3.97. The smallest absolute Gasteiger partial charge is 0.133 e. The molecule has 0 aliphatic carbocycles. The van der Waals surface area contributed by atoms with Gasteiger partial charge >= 0.3 is 0 Å². The second-order valence-corrected chi connectivity index (χ2v) is 5.78. The molecule has 0 spiro atoms. The first kappa shape index (κ1) is 13.8. The molecule has 2 heterocycles. The van der Waals surface area contributed by atoms with Gasteiger partial charge in [-0.15, -0.1) is 11.3 Å². The van der Waals surface area contributed by atoms with Gasteiger partial charge in [0.15, 0.2) is 0 Å². The van der Waals surface area contributed by atoms with E-state index >= 15 is 0 Å².